The van der Waals surface area contributed by atoms with E-state index in [1.165, 1.54) is 15.3 Å². The van der Waals surface area contributed by atoms with E-state index in [-0.39, 0.29) is 0 Å². The minimum Gasteiger partial charge on any atom is -0.310 e. The van der Waals surface area contributed by atoms with Gasteiger partial charge in [0.15, 0.2) is 9.84 Å². The van der Waals surface area contributed by atoms with Crippen molar-refractivity contribution in [2.75, 3.05) is 24.6 Å². The van der Waals surface area contributed by atoms with E-state index in [1.807, 2.05) is 11.3 Å². The molecule has 1 aliphatic rings. The number of nitrogens with one attached hydrogen (secondary N) is 1. The van der Waals surface area contributed by atoms with Crippen molar-refractivity contribution in [1.82, 2.24) is 10.2 Å². The number of nitrogens with zero attached hydrogens (tertiary/aromatic N) is 1. The fourth-order valence-corrected chi connectivity index (χ4v) is 4.84. The molecule has 1 saturated heterocycles. The zero-order valence-corrected chi connectivity index (χ0v) is 14.8. The lowest BCUT2D eigenvalue weighted by atomic mass is 10.2. The molecule has 1 aromatic rings. The molecule has 21 heavy (non-hydrogen) atoms. The van der Waals surface area contributed by atoms with Gasteiger partial charge in [-0.1, -0.05) is 13.8 Å². The summed E-state index contributed by atoms with van der Waals surface area (Å²) >= 11 is 1.84. The average Bonchev–Trinajstić information content (AvgIpc) is 2.64. The fourth-order valence-electron chi connectivity index (χ4n) is 2.53. The molecule has 2 heterocycles. The van der Waals surface area contributed by atoms with E-state index >= 15 is 0 Å². The molecule has 0 atom stereocenters. The van der Waals surface area contributed by atoms with Crippen LogP contribution in [0.2, 0.25) is 0 Å². The van der Waals surface area contributed by atoms with E-state index in [0.29, 0.717) is 24.1 Å². The summed E-state index contributed by atoms with van der Waals surface area (Å²) < 4.78 is 23.3. The van der Waals surface area contributed by atoms with Crippen LogP contribution in [-0.4, -0.2) is 44.0 Å². The third kappa shape index (κ3) is 5.36. The molecule has 0 saturated carbocycles. The molecule has 120 valence electrons. The number of hydrogen-bond acceptors (Lipinski definition) is 5. The smallest absolute Gasteiger partial charge is 0.151 e. The monoisotopic (exact) mass is 330 g/mol. The molecule has 1 aliphatic heterocycles. The van der Waals surface area contributed by atoms with E-state index < -0.39 is 9.84 Å². The number of thiophene rings is 1. The SMILES string of the molecule is Cc1sc(CNC(C)C)cc1CN1CCCS(=O)(=O)CC1. The topological polar surface area (TPSA) is 49.4 Å². The molecular weight excluding hydrogens is 304 g/mol. The normalized spacial score (nSPS) is 19.8. The van der Waals surface area contributed by atoms with Crippen molar-refractivity contribution in [2.45, 2.75) is 46.3 Å². The van der Waals surface area contributed by atoms with Crippen LogP contribution in [0.15, 0.2) is 6.07 Å². The first-order chi connectivity index (χ1) is 9.85. The van der Waals surface area contributed by atoms with Crippen molar-refractivity contribution in [3.8, 4) is 0 Å². The molecule has 0 bridgehead atoms. The van der Waals surface area contributed by atoms with Crippen LogP contribution < -0.4 is 5.32 Å². The van der Waals surface area contributed by atoms with Crippen molar-refractivity contribution in [3.05, 3.63) is 21.4 Å². The first-order valence-corrected chi connectivity index (χ1v) is 10.2. The zero-order chi connectivity index (χ0) is 15.5. The maximum Gasteiger partial charge on any atom is 0.151 e. The maximum atomic E-state index is 11.7. The van der Waals surface area contributed by atoms with Crippen LogP contribution in [0.4, 0.5) is 0 Å². The largest absolute Gasteiger partial charge is 0.310 e. The van der Waals surface area contributed by atoms with E-state index in [0.717, 1.165) is 26.1 Å². The zero-order valence-electron chi connectivity index (χ0n) is 13.2. The van der Waals surface area contributed by atoms with Gasteiger partial charge in [0.2, 0.25) is 0 Å². The lowest BCUT2D eigenvalue weighted by molar-refractivity contribution is 0.287. The van der Waals surface area contributed by atoms with Crippen molar-refractivity contribution >= 4 is 21.2 Å². The van der Waals surface area contributed by atoms with E-state index in [2.05, 4.69) is 37.1 Å². The Balaban J connectivity index is 1.96. The Morgan fingerprint density at radius 2 is 2.10 bits per heavy atom. The highest BCUT2D eigenvalue weighted by Gasteiger charge is 2.20. The predicted octanol–water partition coefficient (Wildman–Crippen LogP) is 2.18. The first-order valence-electron chi connectivity index (χ1n) is 7.60. The predicted molar refractivity (Wildman–Crippen MR) is 89.6 cm³/mol. The van der Waals surface area contributed by atoms with Crippen LogP contribution in [-0.2, 0) is 22.9 Å². The van der Waals surface area contributed by atoms with Gasteiger partial charge in [0, 0.05) is 35.4 Å². The number of hydrogen-bond donors (Lipinski definition) is 1. The Kier molecular flexibility index (Phi) is 5.82. The van der Waals surface area contributed by atoms with Gasteiger partial charge in [-0.3, -0.25) is 4.90 Å². The van der Waals surface area contributed by atoms with Gasteiger partial charge >= 0.3 is 0 Å². The van der Waals surface area contributed by atoms with Gasteiger partial charge in [0.1, 0.15) is 0 Å². The Morgan fingerprint density at radius 3 is 2.81 bits per heavy atom. The lowest BCUT2D eigenvalue weighted by Gasteiger charge is -2.18. The molecule has 0 radical (unpaired) electrons. The molecule has 0 amide bonds. The van der Waals surface area contributed by atoms with Gasteiger partial charge in [0.25, 0.3) is 0 Å². The molecule has 6 heteroatoms. The average molecular weight is 331 g/mol. The highest BCUT2D eigenvalue weighted by molar-refractivity contribution is 7.91. The fraction of sp³-hybridized carbons (Fsp3) is 0.733. The van der Waals surface area contributed by atoms with Gasteiger partial charge in [-0.15, -0.1) is 11.3 Å². The number of aryl methyl sites for hydroxylation is 1. The summed E-state index contributed by atoms with van der Waals surface area (Å²) in [5, 5.41) is 3.44. The standard InChI is InChI=1S/C15H26N2O2S2/c1-12(2)16-10-15-9-14(13(3)20-15)11-17-5-4-7-21(18,19)8-6-17/h9,12,16H,4-8,10-11H2,1-3H3. The summed E-state index contributed by atoms with van der Waals surface area (Å²) in [6.45, 7) is 9.80. The first kappa shape index (κ1) is 16.9. The van der Waals surface area contributed by atoms with Gasteiger partial charge < -0.3 is 5.32 Å². The van der Waals surface area contributed by atoms with Crippen LogP contribution in [0.5, 0.6) is 0 Å². The van der Waals surface area contributed by atoms with Crippen molar-refractivity contribution in [1.29, 1.82) is 0 Å². The van der Waals surface area contributed by atoms with Crippen molar-refractivity contribution < 1.29 is 8.42 Å². The summed E-state index contributed by atoms with van der Waals surface area (Å²) in [4.78, 5) is 4.99. The Labute approximate surface area is 132 Å². The van der Waals surface area contributed by atoms with E-state index in [1.54, 1.807) is 0 Å². The van der Waals surface area contributed by atoms with Crippen LogP contribution in [0, 0.1) is 6.92 Å². The molecule has 0 unspecified atom stereocenters. The molecule has 0 aliphatic carbocycles. The number of sulfone groups is 1. The lowest BCUT2D eigenvalue weighted by Crippen LogP contribution is -2.26. The third-order valence-electron chi connectivity index (χ3n) is 3.80. The second-order valence-electron chi connectivity index (χ2n) is 6.11. The second-order valence-corrected chi connectivity index (χ2v) is 9.76. The summed E-state index contributed by atoms with van der Waals surface area (Å²) in [6, 6.07) is 2.76. The van der Waals surface area contributed by atoms with Crippen LogP contribution >= 0.6 is 11.3 Å². The summed E-state index contributed by atoms with van der Waals surface area (Å²) in [7, 11) is -2.82. The second kappa shape index (κ2) is 7.22. The maximum absolute atomic E-state index is 11.7. The summed E-state index contributed by atoms with van der Waals surface area (Å²) in [6.07, 6.45) is 0.757. The Bertz CT molecular complexity index is 564. The summed E-state index contributed by atoms with van der Waals surface area (Å²) in [5.41, 5.74) is 1.35. The molecule has 1 aromatic heterocycles. The van der Waals surface area contributed by atoms with Gasteiger partial charge in [-0.2, -0.15) is 0 Å². The highest BCUT2D eigenvalue weighted by atomic mass is 32.2. The molecule has 4 nitrogen and oxygen atoms in total. The molecule has 2 rings (SSSR count). The van der Waals surface area contributed by atoms with Crippen molar-refractivity contribution in [2.24, 2.45) is 0 Å². The molecule has 1 fully saturated rings. The van der Waals surface area contributed by atoms with E-state index in [9.17, 15) is 8.42 Å². The quantitative estimate of drug-likeness (QED) is 0.899. The minimum absolute atomic E-state index is 0.304. The Morgan fingerprint density at radius 1 is 1.33 bits per heavy atom. The van der Waals surface area contributed by atoms with Crippen LogP contribution in [0.25, 0.3) is 0 Å². The minimum atomic E-state index is -2.82. The Hall–Kier alpha value is -0.430. The summed E-state index contributed by atoms with van der Waals surface area (Å²) in [5.74, 6) is 0.646. The van der Waals surface area contributed by atoms with Gasteiger partial charge in [-0.25, -0.2) is 8.42 Å². The molecule has 1 N–H and O–H groups in total. The molecule has 0 aromatic carbocycles. The van der Waals surface area contributed by atoms with Crippen LogP contribution in [0.3, 0.4) is 0 Å². The van der Waals surface area contributed by atoms with Crippen LogP contribution in [0.1, 0.15) is 35.6 Å². The molecular formula is C15H26N2O2S2. The van der Waals surface area contributed by atoms with E-state index in [4.69, 9.17) is 0 Å². The van der Waals surface area contributed by atoms with Crippen molar-refractivity contribution in [3.63, 3.8) is 0 Å². The van der Waals surface area contributed by atoms with Gasteiger partial charge in [-0.05, 0) is 31.5 Å². The number of rotatable bonds is 5. The van der Waals surface area contributed by atoms with Gasteiger partial charge in [0.05, 0.1) is 11.5 Å². The highest BCUT2D eigenvalue weighted by Crippen LogP contribution is 2.23. The third-order valence-corrected chi connectivity index (χ3v) is 6.61. The molecule has 0 spiro atoms.